The number of rotatable bonds is 1. The van der Waals surface area contributed by atoms with Gasteiger partial charge in [0.15, 0.2) is 0 Å². The van der Waals surface area contributed by atoms with E-state index in [0.29, 0.717) is 19.1 Å². The molecule has 0 bridgehead atoms. The van der Waals surface area contributed by atoms with Crippen molar-refractivity contribution >= 4 is 5.91 Å². The lowest BCUT2D eigenvalue weighted by Crippen LogP contribution is -2.55. The first-order chi connectivity index (χ1) is 6.53. The normalized spacial score (nSPS) is 38.6. The quantitative estimate of drug-likeness (QED) is 0.601. The van der Waals surface area contributed by atoms with Crippen molar-refractivity contribution in [2.45, 2.75) is 31.9 Å². The number of nitrogens with zero attached hydrogens (tertiary/aromatic N) is 1. The predicted octanol–water partition coefficient (Wildman–Crippen LogP) is -0.422. The average molecular weight is 198 g/mol. The Labute approximate surface area is 84.3 Å². The summed E-state index contributed by atoms with van der Waals surface area (Å²) >= 11 is 0. The standard InChI is InChI=1S/C10H18N2O2/c1-7(2)12-4-3-8-9(13)11-5-10(8,14)6-12/h7-8,14H,3-6H2,1-2H3,(H,11,13)/t8-,10-/m0/s1. The molecule has 2 heterocycles. The highest BCUT2D eigenvalue weighted by Gasteiger charge is 2.50. The van der Waals surface area contributed by atoms with Crippen LogP contribution in [0.1, 0.15) is 20.3 Å². The molecule has 2 aliphatic rings. The molecule has 0 aliphatic carbocycles. The molecule has 14 heavy (non-hydrogen) atoms. The molecular formula is C10H18N2O2. The van der Waals surface area contributed by atoms with Crippen molar-refractivity contribution < 1.29 is 9.90 Å². The van der Waals surface area contributed by atoms with Crippen LogP contribution in [0.15, 0.2) is 0 Å². The number of nitrogens with one attached hydrogen (secondary N) is 1. The summed E-state index contributed by atoms with van der Waals surface area (Å²) in [5, 5.41) is 13.0. The van der Waals surface area contributed by atoms with Gasteiger partial charge in [-0.05, 0) is 26.8 Å². The number of aliphatic hydroxyl groups is 1. The van der Waals surface area contributed by atoms with Crippen LogP contribution in [-0.2, 0) is 4.79 Å². The van der Waals surface area contributed by atoms with Gasteiger partial charge in [-0.2, -0.15) is 0 Å². The maximum atomic E-state index is 11.4. The lowest BCUT2D eigenvalue weighted by atomic mass is 9.83. The first-order valence-corrected chi connectivity index (χ1v) is 5.27. The second-order valence-corrected chi connectivity index (χ2v) is 4.73. The molecule has 0 aromatic carbocycles. The zero-order valence-electron chi connectivity index (χ0n) is 8.79. The molecule has 2 rings (SSSR count). The Balaban J connectivity index is 2.12. The Hall–Kier alpha value is -0.610. The van der Waals surface area contributed by atoms with Crippen molar-refractivity contribution in [3.63, 3.8) is 0 Å². The van der Waals surface area contributed by atoms with E-state index in [4.69, 9.17) is 0 Å². The number of hydrogen-bond acceptors (Lipinski definition) is 3. The molecule has 80 valence electrons. The third-order valence-electron chi connectivity index (χ3n) is 3.45. The largest absolute Gasteiger partial charge is 0.386 e. The minimum Gasteiger partial charge on any atom is -0.386 e. The predicted molar refractivity (Wildman–Crippen MR) is 52.8 cm³/mol. The fourth-order valence-electron chi connectivity index (χ4n) is 2.46. The average Bonchev–Trinajstić information content (AvgIpc) is 2.42. The van der Waals surface area contributed by atoms with E-state index in [1.54, 1.807) is 0 Å². The third-order valence-corrected chi connectivity index (χ3v) is 3.45. The summed E-state index contributed by atoms with van der Waals surface area (Å²) in [5.74, 6) is -0.159. The molecule has 0 aromatic rings. The third kappa shape index (κ3) is 1.42. The van der Waals surface area contributed by atoms with Gasteiger partial charge in [-0.15, -0.1) is 0 Å². The van der Waals surface area contributed by atoms with Gasteiger partial charge in [0, 0.05) is 19.1 Å². The van der Waals surface area contributed by atoms with Gasteiger partial charge in [-0.3, -0.25) is 9.69 Å². The monoisotopic (exact) mass is 198 g/mol. The summed E-state index contributed by atoms with van der Waals surface area (Å²) in [6.45, 7) is 6.19. The Bertz CT molecular complexity index is 255. The molecule has 2 saturated heterocycles. The molecule has 2 atom stereocenters. The molecule has 2 N–H and O–H groups in total. The van der Waals surface area contributed by atoms with Crippen LogP contribution in [-0.4, -0.2) is 47.2 Å². The molecule has 4 heteroatoms. The van der Waals surface area contributed by atoms with E-state index in [1.807, 2.05) is 0 Å². The van der Waals surface area contributed by atoms with Crippen molar-refractivity contribution in [3.05, 3.63) is 0 Å². The van der Waals surface area contributed by atoms with Crippen LogP contribution < -0.4 is 5.32 Å². The molecular weight excluding hydrogens is 180 g/mol. The fourth-order valence-corrected chi connectivity index (χ4v) is 2.46. The molecule has 2 aliphatic heterocycles. The number of fused-ring (bicyclic) bond motifs is 1. The van der Waals surface area contributed by atoms with Crippen LogP contribution in [0, 0.1) is 5.92 Å². The number of hydrogen-bond donors (Lipinski definition) is 2. The van der Waals surface area contributed by atoms with Gasteiger partial charge in [0.2, 0.25) is 5.91 Å². The molecule has 0 spiro atoms. The number of β-amino-alcohol motifs (C(OH)–C–C–N with tert-alkyl or cyclic N) is 1. The van der Waals surface area contributed by atoms with E-state index in [0.717, 1.165) is 13.0 Å². The Morgan fingerprint density at radius 1 is 1.64 bits per heavy atom. The summed E-state index contributed by atoms with van der Waals surface area (Å²) in [5.41, 5.74) is -0.820. The van der Waals surface area contributed by atoms with Gasteiger partial charge in [-0.25, -0.2) is 0 Å². The van der Waals surface area contributed by atoms with E-state index < -0.39 is 5.60 Å². The van der Waals surface area contributed by atoms with E-state index >= 15 is 0 Å². The van der Waals surface area contributed by atoms with Gasteiger partial charge in [0.05, 0.1) is 5.92 Å². The summed E-state index contributed by atoms with van der Waals surface area (Å²) in [6.07, 6.45) is 0.778. The molecule has 0 aromatic heterocycles. The van der Waals surface area contributed by atoms with Crippen molar-refractivity contribution in [2.75, 3.05) is 19.6 Å². The van der Waals surface area contributed by atoms with Gasteiger partial charge >= 0.3 is 0 Å². The zero-order valence-corrected chi connectivity index (χ0v) is 8.79. The van der Waals surface area contributed by atoms with Crippen LogP contribution in [0.5, 0.6) is 0 Å². The SMILES string of the molecule is CC(C)N1CC[C@H]2C(=O)NC[C@]2(O)C1. The molecule has 1 amide bonds. The van der Waals surface area contributed by atoms with E-state index in [9.17, 15) is 9.90 Å². The topological polar surface area (TPSA) is 52.6 Å². The van der Waals surface area contributed by atoms with Crippen LogP contribution >= 0.6 is 0 Å². The van der Waals surface area contributed by atoms with Crippen LogP contribution in [0.25, 0.3) is 0 Å². The second kappa shape index (κ2) is 3.21. The van der Waals surface area contributed by atoms with Crippen molar-refractivity contribution in [1.82, 2.24) is 10.2 Å². The van der Waals surface area contributed by atoms with Crippen LogP contribution in [0.3, 0.4) is 0 Å². The minimum atomic E-state index is -0.820. The summed E-state index contributed by atoms with van der Waals surface area (Å²) in [6, 6.07) is 0.440. The zero-order chi connectivity index (χ0) is 10.3. The van der Waals surface area contributed by atoms with Gasteiger partial charge in [-0.1, -0.05) is 0 Å². The van der Waals surface area contributed by atoms with Gasteiger partial charge in [0.1, 0.15) is 5.60 Å². The van der Waals surface area contributed by atoms with Gasteiger partial charge in [0.25, 0.3) is 0 Å². The molecule has 0 saturated carbocycles. The molecule has 2 fully saturated rings. The Morgan fingerprint density at radius 3 is 3.00 bits per heavy atom. The number of carbonyl (C=O) groups excluding carboxylic acids is 1. The lowest BCUT2D eigenvalue weighted by Gasteiger charge is -2.41. The van der Waals surface area contributed by atoms with Crippen LogP contribution in [0.2, 0.25) is 0 Å². The minimum absolute atomic E-state index is 0.0240. The van der Waals surface area contributed by atoms with Crippen LogP contribution in [0.4, 0.5) is 0 Å². The second-order valence-electron chi connectivity index (χ2n) is 4.73. The molecule has 0 radical (unpaired) electrons. The Kier molecular flexibility index (Phi) is 2.27. The summed E-state index contributed by atoms with van der Waals surface area (Å²) < 4.78 is 0. The highest BCUT2D eigenvalue weighted by atomic mass is 16.3. The number of carbonyl (C=O) groups is 1. The Morgan fingerprint density at radius 2 is 2.36 bits per heavy atom. The maximum Gasteiger partial charge on any atom is 0.226 e. The number of likely N-dealkylation sites (tertiary alicyclic amines) is 1. The van der Waals surface area contributed by atoms with Crippen molar-refractivity contribution in [1.29, 1.82) is 0 Å². The highest BCUT2D eigenvalue weighted by Crippen LogP contribution is 2.32. The summed E-state index contributed by atoms with van der Waals surface area (Å²) in [4.78, 5) is 13.6. The van der Waals surface area contributed by atoms with E-state index in [2.05, 4.69) is 24.1 Å². The first kappa shape index (κ1) is 9.93. The van der Waals surface area contributed by atoms with E-state index in [1.165, 1.54) is 0 Å². The number of amides is 1. The van der Waals surface area contributed by atoms with Gasteiger partial charge < -0.3 is 10.4 Å². The fraction of sp³-hybridized carbons (Fsp3) is 0.900. The first-order valence-electron chi connectivity index (χ1n) is 5.27. The van der Waals surface area contributed by atoms with Crippen molar-refractivity contribution in [2.24, 2.45) is 5.92 Å². The molecule has 0 unspecified atom stereocenters. The maximum absolute atomic E-state index is 11.4. The van der Waals surface area contributed by atoms with Crippen molar-refractivity contribution in [3.8, 4) is 0 Å². The number of piperidine rings is 1. The van der Waals surface area contributed by atoms with E-state index in [-0.39, 0.29) is 11.8 Å². The summed E-state index contributed by atoms with van der Waals surface area (Å²) in [7, 11) is 0. The molecule has 4 nitrogen and oxygen atoms in total. The highest BCUT2D eigenvalue weighted by molar-refractivity contribution is 5.82. The smallest absolute Gasteiger partial charge is 0.226 e. The lowest BCUT2D eigenvalue weighted by molar-refractivity contribution is -0.130.